The number of alkyl halides is 3. The van der Waals surface area contributed by atoms with E-state index < -0.39 is 12.1 Å². The van der Waals surface area contributed by atoms with Gasteiger partial charge in [-0.1, -0.05) is 23.2 Å². The average Bonchev–Trinajstić information content (AvgIpc) is 2.56. The van der Waals surface area contributed by atoms with Gasteiger partial charge in [0.05, 0.1) is 10.0 Å². The van der Waals surface area contributed by atoms with Crippen LogP contribution in [0, 0.1) is 5.92 Å². The Bertz CT molecular complexity index is 636. The highest BCUT2D eigenvalue weighted by Gasteiger charge is 2.38. The summed E-state index contributed by atoms with van der Waals surface area (Å²) in [5, 5.41) is 11.4. The lowest BCUT2D eigenvalue weighted by Crippen LogP contribution is -2.38. The highest BCUT2D eigenvalue weighted by Crippen LogP contribution is 2.28. The van der Waals surface area contributed by atoms with Gasteiger partial charge in [-0.2, -0.15) is 13.2 Å². The molecular formula is C16H19Cl2F3N2O3. The molecular weight excluding hydrogens is 396 g/mol. The van der Waals surface area contributed by atoms with Crippen LogP contribution in [0.1, 0.15) is 19.8 Å². The molecule has 0 radical (unpaired) electrons. The van der Waals surface area contributed by atoms with E-state index >= 15 is 0 Å². The predicted molar refractivity (Wildman–Crippen MR) is 93.8 cm³/mol. The van der Waals surface area contributed by atoms with E-state index in [0.29, 0.717) is 16.0 Å². The van der Waals surface area contributed by atoms with Crippen LogP contribution in [0.15, 0.2) is 18.2 Å². The zero-order chi connectivity index (χ0) is 19.9. The summed E-state index contributed by atoms with van der Waals surface area (Å²) in [4.78, 5) is 22.5. The highest BCUT2D eigenvalue weighted by atomic mass is 35.5. The quantitative estimate of drug-likeness (QED) is 0.784. The molecule has 2 rings (SSSR count). The van der Waals surface area contributed by atoms with Gasteiger partial charge in [-0.25, -0.2) is 4.79 Å². The number of anilines is 1. The van der Waals surface area contributed by atoms with Crippen LogP contribution in [0.2, 0.25) is 10.0 Å². The molecule has 0 unspecified atom stereocenters. The molecule has 0 atom stereocenters. The number of amides is 1. The first kappa shape index (κ1) is 22.5. The number of benzene rings is 1. The lowest BCUT2D eigenvalue weighted by atomic mass is 9.97. The molecule has 1 heterocycles. The van der Waals surface area contributed by atoms with E-state index in [9.17, 15) is 18.0 Å². The minimum absolute atomic E-state index is 0.0388. The summed E-state index contributed by atoms with van der Waals surface area (Å²) in [6.07, 6.45) is -2.88. The van der Waals surface area contributed by atoms with Gasteiger partial charge in [0.2, 0.25) is 5.91 Å². The van der Waals surface area contributed by atoms with Crippen LogP contribution < -0.4 is 10.2 Å². The zero-order valence-corrected chi connectivity index (χ0v) is 15.5. The Kier molecular flexibility index (Phi) is 8.66. The molecule has 10 heteroatoms. The van der Waals surface area contributed by atoms with Crippen LogP contribution in [-0.4, -0.2) is 42.8 Å². The lowest BCUT2D eigenvalue weighted by Gasteiger charge is -2.29. The van der Waals surface area contributed by atoms with Gasteiger partial charge >= 0.3 is 12.1 Å². The standard InChI is InChI=1S/C14H18Cl2N2O.C2HF3O2/c1-10(19)18(9-11-4-6-17-7-5-11)12-2-3-13(15)14(16)8-12;3-2(4,5)1(6)7/h2-3,8,11,17H,4-7,9H2,1H3;(H,6,7). The van der Waals surface area contributed by atoms with E-state index in [2.05, 4.69) is 5.32 Å². The molecule has 1 amide bonds. The van der Waals surface area contributed by atoms with Gasteiger partial charge in [0.25, 0.3) is 0 Å². The number of aliphatic carboxylic acids is 1. The van der Waals surface area contributed by atoms with E-state index in [4.69, 9.17) is 33.1 Å². The van der Waals surface area contributed by atoms with Crippen molar-refractivity contribution in [1.29, 1.82) is 0 Å². The first-order chi connectivity index (χ1) is 12.0. The van der Waals surface area contributed by atoms with Crippen LogP contribution >= 0.6 is 23.2 Å². The lowest BCUT2D eigenvalue weighted by molar-refractivity contribution is -0.192. The zero-order valence-electron chi connectivity index (χ0n) is 13.9. The molecule has 146 valence electrons. The van der Waals surface area contributed by atoms with Crippen LogP contribution in [0.25, 0.3) is 0 Å². The number of hydrogen-bond acceptors (Lipinski definition) is 3. The van der Waals surface area contributed by atoms with Crippen molar-refractivity contribution in [2.75, 3.05) is 24.5 Å². The van der Waals surface area contributed by atoms with E-state index in [-0.39, 0.29) is 5.91 Å². The van der Waals surface area contributed by atoms with E-state index in [1.165, 1.54) is 0 Å². The van der Waals surface area contributed by atoms with Crippen LogP contribution in [0.4, 0.5) is 18.9 Å². The number of carboxylic acids is 1. The summed E-state index contributed by atoms with van der Waals surface area (Å²) in [5.41, 5.74) is 0.820. The Balaban J connectivity index is 0.000000412. The van der Waals surface area contributed by atoms with Crippen LogP contribution in [-0.2, 0) is 9.59 Å². The Morgan fingerprint density at radius 2 is 1.77 bits per heavy atom. The Hall–Kier alpha value is -1.51. The molecule has 1 aromatic carbocycles. The van der Waals surface area contributed by atoms with E-state index in [1.807, 2.05) is 6.07 Å². The second kappa shape index (κ2) is 9.99. The maximum atomic E-state index is 11.8. The van der Waals surface area contributed by atoms with E-state index in [1.54, 1.807) is 24.0 Å². The molecule has 1 aromatic rings. The van der Waals surface area contributed by atoms with Gasteiger partial charge in [-0.05, 0) is 50.0 Å². The van der Waals surface area contributed by atoms with Gasteiger partial charge in [0.1, 0.15) is 0 Å². The fourth-order valence-electron chi connectivity index (χ4n) is 2.39. The summed E-state index contributed by atoms with van der Waals surface area (Å²) in [7, 11) is 0. The first-order valence-corrected chi connectivity index (χ1v) is 8.52. The fourth-order valence-corrected chi connectivity index (χ4v) is 2.68. The van der Waals surface area contributed by atoms with Crippen molar-refractivity contribution in [1.82, 2.24) is 5.32 Å². The number of carboxylic acid groups (broad SMARTS) is 1. The summed E-state index contributed by atoms with van der Waals surface area (Å²) in [6, 6.07) is 5.33. The molecule has 1 fully saturated rings. The number of carbonyl (C=O) groups is 2. The molecule has 5 nitrogen and oxygen atoms in total. The third-order valence-corrected chi connectivity index (χ3v) is 4.48. The normalized spacial score (nSPS) is 15.0. The summed E-state index contributed by atoms with van der Waals surface area (Å²) < 4.78 is 31.7. The van der Waals surface area contributed by atoms with Crippen LogP contribution in [0.5, 0.6) is 0 Å². The van der Waals surface area contributed by atoms with Crippen molar-refractivity contribution >= 4 is 40.8 Å². The van der Waals surface area contributed by atoms with Crippen molar-refractivity contribution in [2.24, 2.45) is 5.92 Å². The third kappa shape index (κ3) is 7.39. The van der Waals surface area contributed by atoms with Crippen molar-refractivity contribution < 1.29 is 27.9 Å². The number of nitrogens with zero attached hydrogens (tertiary/aromatic N) is 1. The van der Waals surface area contributed by atoms with Crippen molar-refractivity contribution in [2.45, 2.75) is 25.9 Å². The Morgan fingerprint density at radius 1 is 1.23 bits per heavy atom. The molecule has 1 aliphatic rings. The van der Waals surface area contributed by atoms with Gasteiger partial charge in [-0.3, -0.25) is 4.79 Å². The average molecular weight is 415 g/mol. The predicted octanol–water partition coefficient (Wildman–Crippen LogP) is 3.98. The number of piperidine rings is 1. The molecule has 0 aromatic heterocycles. The minimum Gasteiger partial charge on any atom is -0.475 e. The fraction of sp³-hybridized carbons (Fsp3) is 0.500. The van der Waals surface area contributed by atoms with Crippen molar-refractivity contribution in [3.8, 4) is 0 Å². The second-order valence-electron chi connectivity index (χ2n) is 5.72. The maximum Gasteiger partial charge on any atom is 0.490 e. The number of nitrogens with one attached hydrogen (secondary N) is 1. The molecule has 0 bridgehead atoms. The SMILES string of the molecule is CC(=O)N(CC1CCNCC1)c1ccc(Cl)c(Cl)c1.O=C(O)C(F)(F)F. The summed E-state index contributed by atoms with van der Waals surface area (Å²) >= 11 is 11.9. The molecule has 2 N–H and O–H groups in total. The monoisotopic (exact) mass is 414 g/mol. The molecule has 0 spiro atoms. The minimum atomic E-state index is -5.08. The summed E-state index contributed by atoms with van der Waals surface area (Å²) in [6.45, 7) is 4.38. The van der Waals surface area contributed by atoms with Crippen molar-refractivity contribution in [3.05, 3.63) is 28.2 Å². The molecule has 0 saturated carbocycles. The number of carbonyl (C=O) groups excluding carboxylic acids is 1. The van der Waals surface area contributed by atoms with E-state index in [0.717, 1.165) is 38.2 Å². The highest BCUT2D eigenvalue weighted by molar-refractivity contribution is 6.42. The number of hydrogen-bond donors (Lipinski definition) is 2. The molecule has 1 aliphatic heterocycles. The molecule has 26 heavy (non-hydrogen) atoms. The van der Waals surface area contributed by atoms with Gasteiger partial charge < -0.3 is 15.3 Å². The Morgan fingerprint density at radius 3 is 2.19 bits per heavy atom. The van der Waals surface area contributed by atoms with Gasteiger partial charge in [0.15, 0.2) is 0 Å². The number of rotatable bonds is 3. The maximum absolute atomic E-state index is 11.8. The second-order valence-corrected chi connectivity index (χ2v) is 6.54. The van der Waals surface area contributed by atoms with Crippen molar-refractivity contribution in [3.63, 3.8) is 0 Å². The van der Waals surface area contributed by atoms with Gasteiger partial charge in [0, 0.05) is 19.2 Å². The Labute approximate surface area is 159 Å². The first-order valence-electron chi connectivity index (χ1n) is 7.76. The third-order valence-electron chi connectivity index (χ3n) is 3.74. The summed E-state index contributed by atoms with van der Waals surface area (Å²) in [5.74, 6) is -2.18. The largest absolute Gasteiger partial charge is 0.490 e. The topological polar surface area (TPSA) is 69.6 Å². The smallest absolute Gasteiger partial charge is 0.475 e. The van der Waals surface area contributed by atoms with Gasteiger partial charge in [-0.15, -0.1) is 0 Å². The number of halogens is 5. The molecule has 1 saturated heterocycles. The molecule has 0 aliphatic carbocycles. The van der Waals surface area contributed by atoms with Crippen LogP contribution in [0.3, 0.4) is 0 Å².